The summed E-state index contributed by atoms with van der Waals surface area (Å²) in [5.41, 5.74) is -6.05. The minimum Gasteiger partial charge on any atom is -0.374 e. The van der Waals surface area contributed by atoms with Gasteiger partial charge in [-0.05, 0) is 11.4 Å². The number of amides is 1. The molecule has 0 aliphatic rings. The Balaban J connectivity index is 3.10. The SMILES string of the molecule is O=C(N/C=C(\OS(=O)(=O)C(F)(F)F)c1ccsc1)C(F)(F)F. The minimum atomic E-state index is -6.10. The largest absolute Gasteiger partial charge is 0.534 e. The molecule has 13 heteroatoms. The van der Waals surface area contributed by atoms with Crippen molar-refractivity contribution in [3.05, 3.63) is 28.6 Å². The lowest BCUT2D eigenvalue weighted by atomic mass is 10.3. The summed E-state index contributed by atoms with van der Waals surface area (Å²) in [6, 6.07) is 1.09. The number of carbonyl (C=O) groups excluding carboxylic acids is 1. The maximum absolute atomic E-state index is 12.2. The first-order valence-electron chi connectivity index (χ1n) is 4.96. The van der Waals surface area contributed by atoms with Gasteiger partial charge >= 0.3 is 27.7 Å². The van der Waals surface area contributed by atoms with E-state index >= 15 is 0 Å². The van der Waals surface area contributed by atoms with Crippen LogP contribution in [0.25, 0.3) is 5.76 Å². The smallest absolute Gasteiger partial charge is 0.374 e. The average molecular weight is 369 g/mol. The fraction of sp³-hybridized carbons (Fsp3) is 0.222. The highest BCUT2D eigenvalue weighted by Crippen LogP contribution is 2.30. The van der Waals surface area contributed by atoms with Crippen molar-refractivity contribution < 1.29 is 43.7 Å². The van der Waals surface area contributed by atoms with E-state index < -0.39 is 33.5 Å². The summed E-state index contributed by atoms with van der Waals surface area (Å²) in [5.74, 6) is -3.62. The Morgan fingerprint density at radius 2 is 1.82 bits per heavy atom. The first-order chi connectivity index (χ1) is 9.84. The molecule has 5 nitrogen and oxygen atoms in total. The highest BCUT2D eigenvalue weighted by atomic mass is 32.2. The third-order valence-corrected chi connectivity index (χ3v) is 3.53. The Kier molecular flexibility index (Phi) is 5.12. The van der Waals surface area contributed by atoms with Gasteiger partial charge in [-0.15, -0.1) is 0 Å². The lowest BCUT2D eigenvalue weighted by molar-refractivity contribution is -0.172. The molecule has 124 valence electrons. The molecule has 1 aromatic heterocycles. The number of hydrogen-bond donors (Lipinski definition) is 1. The van der Waals surface area contributed by atoms with Crippen molar-refractivity contribution in [1.29, 1.82) is 0 Å². The van der Waals surface area contributed by atoms with Gasteiger partial charge in [0.25, 0.3) is 0 Å². The molecule has 0 aliphatic heterocycles. The van der Waals surface area contributed by atoms with Gasteiger partial charge < -0.3 is 9.50 Å². The number of rotatable bonds is 4. The molecule has 0 aliphatic carbocycles. The molecule has 0 fully saturated rings. The molecule has 1 heterocycles. The second-order valence-corrected chi connectivity index (χ2v) is 5.79. The topological polar surface area (TPSA) is 72.5 Å². The Morgan fingerprint density at radius 3 is 2.23 bits per heavy atom. The predicted molar refractivity (Wildman–Crippen MR) is 62.6 cm³/mol. The molecule has 0 saturated carbocycles. The van der Waals surface area contributed by atoms with Crippen LogP contribution in [0.3, 0.4) is 0 Å². The van der Waals surface area contributed by atoms with Crippen LogP contribution in [0.1, 0.15) is 5.56 Å². The Bertz CT molecular complexity index is 659. The van der Waals surface area contributed by atoms with Crippen LogP contribution >= 0.6 is 11.3 Å². The fourth-order valence-electron chi connectivity index (χ4n) is 0.939. The van der Waals surface area contributed by atoms with Gasteiger partial charge in [-0.1, -0.05) is 0 Å². The molecule has 0 unspecified atom stereocenters. The highest BCUT2D eigenvalue weighted by Gasteiger charge is 2.49. The molecule has 0 saturated heterocycles. The maximum Gasteiger partial charge on any atom is 0.534 e. The molecule has 0 bridgehead atoms. The van der Waals surface area contributed by atoms with E-state index in [2.05, 4.69) is 4.18 Å². The molecule has 0 spiro atoms. The van der Waals surface area contributed by atoms with Gasteiger partial charge in [0, 0.05) is 17.1 Å². The maximum atomic E-state index is 12.2. The van der Waals surface area contributed by atoms with Crippen LogP contribution in [-0.2, 0) is 19.1 Å². The highest BCUT2D eigenvalue weighted by molar-refractivity contribution is 7.87. The molecule has 1 N–H and O–H groups in total. The second kappa shape index (κ2) is 6.16. The Labute approximate surface area is 123 Å². The van der Waals surface area contributed by atoms with Crippen LogP contribution in [0.2, 0.25) is 0 Å². The summed E-state index contributed by atoms with van der Waals surface area (Å²) in [7, 11) is -6.10. The minimum absolute atomic E-state index is 0.0845. The third-order valence-electron chi connectivity index (χ3n) is 1.88. The average Bonchev–Trinajstić information content (AvgIpc) is 2.84. The summed E-state index contributed by atoms with van der Waals surface area (Å²) >= 11 is 0.909. The summed E-state index contributed by atoms with van der Waals surface area (Å²) in [5, 5.41) is 3.52. The van der Waals surface area contributed by atoms with Crippen LogP contribution in [-0.4, -0.2) is 26.0 Å². The van der Waals surface area contributed by atoms with Gasteiger partial charge in [0.05, 0.1) is 0 Å². The monoisotopic (exact) mass is 369 g/mol. The zero-order valence-electron chi connectivity index (χ0n) is 10.0. The van der Waals surface area contributed by atoms with Crippen molar-refractivity contribution in [3.8, 4) is 0 Å². The number of halogens is 6. The first-order valence-corrected chi connectivity index (χ1v) is 7.31. The first kappa shape index (κ1) is 18.3. The van der Waals surface area contributed by atoms with E-state index in [1.165, 1.54) is 5.38 Å². The lowest BCUT2D eigenvalue weighted by Crippen LogP contribution is -2.34. The zero-order chi connectivity index (χ0) is 17.2. The van der Waals surface area contributed by atoms with E-state index in [0.717, 1.165) is 28.1 Å². The van der Waals surface area contributed by atoms with Gasteiger partial charge in [-0.3, -0.25) is 4.79 Å². The molecule has 1 aromatic rings. The normalized spacial score (nSPS) is 13.8. The van der Waals surface area contributed by atoms with Crippen LogP contribution in [0.15, 0.2) is 23.0 Å². The summed E-state index contributed by atoms with van der Waals surface area (Å²) in [6.07, 6.45) is -5.22. The van der Waals surface area contributed by atoms with Crippen molar-refractivity contribution in [2.75, 3.05) is 0 Å². The Morgan fingerprint density at radius 1 is 1.23 bits per heavy atom. The quantitative estimate of drug-likeness (QED) is 0.383. The van der Waals surface area contributed by atoms with E-state index in [4.69, 9.17) is 0 Å². The Hall–Kier alpha value is -1.76. The summed E-state index contributed by atoms with van der Waals surface area (Å²) in [4.78, 5) is 10.6. The number of hydrogen-bond acceptors (Lipinski definition) is 5. The van der Waals surface area contributed by atoms with Gasteiger partial charge in [-0.25, -0.2) is 0 Å². The number of alkyl halides is 6. The second-order valence-electron chi connectivity index (χ2n) is 3.48. The number of nitrogens with one attached hydrogen (secondary N) is 1. The van der Waals surface area contributed by atoms with Crippen molar-refractivity contribution in [2.24, 2.45) is 0 Å². The standard InChI is InChI=1S/C9H5F6NO4S2/c10-8(11,12)7(17)16-3-6(5-1-2-21-4-5)20-22(18,19)9(13,14)15/h1-4H,(H,16,17)/b6-3-. The van der Waals surface area contributed by atoms with Crippen LogP contribution < -0.4 is 5.32 Å². The summed E-state index contributed by atoms with van der Waals surface area (Å²) < 4.78 is 98.1. The van der Waals surface area contributed by atoms with Gasteiger partial charge in [0.2, 0.25) is 0 Å². The molecular weight excluding hydrogens is 364 g/mol. The third kappa shape index (κ3) is 4.62. The molecular formula is C9H5F6NO4S2. The zero-order valence-corrected chi connectivity index (χ0v) is 11.7. The molecule has 22 heavy (non-hydrogen) atoms. The molecule has 1 amide bonds. The van der Waals surface area contributed by atoms with Crippen molar-refractivity contribution in [1.82, 2.24) is 5.32 Å². The van der Waals surface area contributed by atoms with Crippen LogP contribution in [0, 0.1) is 0 Å². The lowest BCUT2D eigenvalue weighted by Gasteiger charge is -2.12. The molecule has 0 radical (unpaired) electrons. The van der Waals surface area contributed by atoms with Crippen LogP contribution in [0.5, 0.6) is 0 Å². The van der Waals surface area contributed by atoms with Gasteiger partial charge in [0.1, 0.15) is 0 Å². The molecule has 1 rings (SSSR count). The molecule has 0 atom stereocenters. The van der Waals surface area contributed by atoms with E-state index in [1.54, 1.807) is 0 Å². The van der Waals surface area contributed by atoms with Crippen molar-refractivity contribution in [3.63, 3.8) is 0 Å². The van der Waals surface area contributed by atoms with Crippen molar-refractivity contribution >= 4 is 33.1 Å². The van der Waals surface area contributed by atoms with E-state index in [1.807, 2.05) is 0 Å². The van der Waals surface area contributed by atoms with Gasteiger partial charge in [0.15, 0.2) is 5.76 Å². The molecule has 0 aromatic carbocycles. The fourth-order valence-corrected chi connectivity index (χ4v) is 2.06. The van der Waals surface area contributed by atoms with E-state index in [-0.39, 0.29) is 11.8 Å². The predicted octanol–water partition coefficient (Wildman–Crippen LogP) is 2.59. The number of thiophene rings is 1. The van der Waals surface area contributed by atoms with E-state index in [9.17, 15) is 39.6 Å². The van der Waals surface area contributed by atoms with Crippen LogP contribution in [0.4, 0.5) is 26.3 Å². The summed E-state index contributed by atoms with van der Waals surface area (Å²) in [6.45, 7) is 0. The number of carbonyl (C=O) groups is 1. The van der Waals surface area contributed by atoms with E-state index in [0.29, 0.717) is 0 Å². The van der Waals surface area contributed by atoms with Gasteiger partial charge in [-0.2, -0.15) is 46.1 Å². The van der Waals surface area contributed by atoms with Crippen molar-refractivity contribution in [2.45, 2.75) is 11.7 Å².